The van der Waals surface area contributed by atoms with E-state index < -0.39 is 0 Å². The minimum absolute atomic E-state index is 0.0719. The molecule has 1 N–H and O–H groups in total. The summed E-state index contributed by atoms with van der Waals surface area (Å²) in [6.45, 7) is 8.92. The van der Waals surface area contributed by atoms with Gasteiger partial charge in [0.05, 0.1) is 12.8 Å². The molecule has 4 heterocycles. The zero-order valence-corrected chi connectivity index (χ0v) is 16.4. The van der Waals surface area contributed by atoms with Crippen LogP contribution >= 0.6 is 0 Å². The van der Waals surface area contributed by atoms with E-state index >= 15 is 0 Å². The first-order chi connectivity index (χ1) is 13.4. The number of hydrogen-bond donors (Lipinski definition) is 1. The third-order valence-electron chi connectivity index (χ3n) is 5.35. The Labute approximate surface area is 162 Å². The van der Waals surface area contributed by atoms with Crippen LogP contribution in [0.15, 0.2) is 39.9 Å². The Morgan fingerprint density at radius 1 is 1.39 bits per heavy atom. The van der Waals surface area contributed by atoms with E-state index in [-0.39, 0.29) is 17.5 Å². The molecule has 148 valence electrons. The maximum absolute atomic E-state index is 13.3. The molecule has 0 unspecified atom stereocenters. The van der Waals surface area contributed by atoms with Crippen LogP contribution in [0.25, 0.3) is 5.65 Å². The van der Waals surface area contributed by atoms with E-state index in [1.807, 2.05) is 17.0 Å². The van der Waals surface area contributed by atoms with E-state index in [4.69, 9.17) is 4.42 Å². The van der Waals surface area contributed by atoms with Crippen molar-refractivity contribution in [2.45, 2.75) is 33.4 Å². The molecule has 8 heteroatoms. The monoisotopic (exact) mass is 383 g/mol. The van der Waals surface area contributed by atoms with Crippen LogP contribution in [0.1, 0.15) is 35.7 Å². The van der Waals surface area contributed by atoms with Crippen LogP contribution in [0.2, 0.25) is 0 Å². The number of fused-ring (bicyclic) bond motifs is 1. The highest BCUT2D eigenvalue weighted by Gasteiger charge is 2.34. The van der Waals surface area contributed by atoms with E-state index in [1.165, 1.54) is 10.6 Å². The number of amides is 1. The molecule has 28 heavy (non-hydrogen) atoms. The van der Waals surface area contributed by atoms with Gasteiger partial charge >= 0.3 is 0 Å². The first-order valence-electron chi connectivity index (χ1n) is 9.57. The van der Waals surface area contributed by atoms with Gasteiger partial charge < -0.3 is 9.32 Å². The molecule has 0 spiro atoms. The number of hydrogen-bond acceptors (Lipinski definition) is 5. The maximum atomic E-state index is 13.3. The highest BCUT2D eigenvalue weighted by atomic mass is 16.3. The van der Waals surface area contributed by atoms with Crippen molar-refractivity contribution in [2.75, 3.05) is 19.6 Å². The Hall–Kier alpha value is -2.87. The Morgan fingerprint density at radius 3 is 2.93 bits per heavy atom. The van der Waals surface area contributed by atoms with Gasteiger partial charge in [0.2, 0.25) is 0 Å². The average molecular weight is 383 g/mol. The van der Waals surface area contributed by atoms with Gasteiger partial charge in [-0.15, -0.1) is 0 Å². The molecule has 0 bridgehead atoms. The standard InChI is InChI=1S/C20H25N5O3/c1-13(2)17-12-23(11-15-5-4-8-28-15)6-7-24(17)20(27)16-10-21-25-18(26)9-14(3)22-19(16)25/h4-5,8-10,13,17,21H,6-7,11-12H2,1-3H3/t17-/m1/s1. The molecule has 1 aliphatic heterocycles. The van der Waals surface area contributed by atoms with Crippen molar-refractivity contribution in [1.29, 1.82) is 0 Å². The fourth-order valence-corrected chi connectivity index (χ4v) is 3.87. The molecule has 0 aromatic carbocycles. The van der Waals surface area contributed by atoms with Crippen molar-refractivity contribution in [3.8, 4) is 0 Å². The Morgan fingerprint density at radius 2 is 2.21 bits per heavy atom. The van der Waals surface area contributed by atoms with Crippen molar-refractivity contribution < 1.29 is 9.21 Å². The minimum Gasteiger partial charge on any atom is -0.468 e. The molecule has 1 amide bonds. The normalized spacial score (nSPS) is 18.3. The molecule has 0 saturated carbocycles. The number of aromatic amines is 1. The number of furan rings is 1. The van der Waals surface area contributed by atoms with E-state index in [1.54, 1.807) is 19.4 Å². The summed E-state index contributed by atoms with van der Waals surface area (Å²) in [5.41, 5.74) is 1.20. The summed E-state index contributed by atoms with van der Waals surface area (Å²) in [7, 11) is 0. The van der Waals surface area contributed by atoms with E-state index in [2.05, 4.69) is 28.8 Å². The molecule has 0 radical (unpaired) electrons. The molecular weight excluding hydrogens is 358 g/mol. The van der Waals surface area contributed by atoms with Gasteiger partial charge in [-0.05, 0) is 25.0 Å². The molecule has 1 fully saturated rings. The first kappa shape index (κ1) is 18.5. The molecule has 8 nitrogen and oxygen atoms in total. The number of piperazine rings is 1. The summed E-state index contributed by atoms with van der Waals surface area (Å²) in [5, 5.41) is 2.86. The van der Waals surface area contributed by atoms with Crippen LogP contribution in [0, 0.1) is 12.8 Å². The Kier molecular flexibility index (Phi) is 4.80. The molecule has 1 atom stereocenters. The summed E-state index contributed by atoms with van der Waals surface area (Å²) in [5.74, 6) is 1.14. The highest BCUT2D eigenvalue weighted by molar-refractivity contribution is 5.99. The Bertz CT molecular complexity index is 1030. The van der Waals surface area contributed by atoms with Crippen LogP contribution < -0.4 is 5.56 Å². The van der Waals surface area contributed by atoms with E-state index in [0.29, 0.717) is 29.4 Å². The fourth-order valence-electron chi connectivity index (χ4n) is 3.87. The van der Waals surface area contributed by atoms with Gasteiger partial charge in [-0.3, -0.25) is 19.6 Å². The van der Waals surface area contributed by atoms with Crippen molar-refractivity contribution in [3.63, 3.8) is 0 Å². The quantitative estimate of drug-likeness (QED) is 0.744. The van der Waals surface area contributed by atoms with Gasteiger partial charge in [0, 0.05) is 43.6 Å². The maximum Gasteiger partial charge on any atom is 0.272 e. The fraction of sp³-hybridized carbons (Fsp3) is 0.450. The van der Waals surface area contributed by atoms with E-state index in [0.717, 1.165) is 25.4 Å². The van der Waals surface area contributed by atoms with Gasteiger partial charge in [0.15, 0.2) is 5.65 Å². The van der Waals surface area contributed by atoms with Crippen LogP contribution in [-0.4, -0.2) is 56.0 Å². The van der Waals surface area contributed by atoms with Gasteiger partial charge in [0.1, 0.15) is 11.3 Å². The SMILES string of the molecule is Cc1cc(=O)n2[nH]cc(C(=O)N3CCN(Cc4ccco4)C[C@@H]3C(C)C)c2n1. The number of nitrogens with one attached hydrogen (secondary N) is 1. The van der Waals surface area contributed by atoms with Crippen LogP contribution in [-0.2, 0) is 6.54 Å². The van der Waals surface area contributed by atoms with Gasteiger partial charge in [-0.2, -0.15) is 0 Å². The van der Waals surface area contributed by atoms with Crippen molar-refractivity contribution in [1.82, 2.24) is 24.4 Å². The molecular formula is C20H25N5O3. The second-order valence-corrected chi connectivity index (χ2v) is 7.71. The summed E-state index contributed by atoms with van der Waals surface area (Å²) in [4.78, 5) is 34.1. The lowest BCUT2D eigenvalue weighted by atomic mass is 9.98. The van der Waals surface area contributed by atoms with Crippen LogP contribution in [0.3, 0.4) is 0 Å². The number of aromatic nitrogens is 3. The topological polar surface area (TPSA) is 86.9 Å². The molecule has 0 aliphatic carbocycles. The predicted octanol–water partition coefficient (Wildman–Crippen LogP) is 1.91. The lowest BCUT2D eigenvalue weighted by Gasteiger charge is -2.43. The summed E-state index contributed by atoms with van der Waals surface area (Å²) in [6, 6.07) is 5.38. The number of nitrogens with zero attached hydrogens (tertiary/aromatic N) is 4. The molecule has 3 aromatic rings. The van der Waals surface area contributed by atoms with Crippen molar-refractivity contribution >= 4 is 11.6 Å². The number of carbonyl (C=O) groups is 1. The highest BCUT2D eigenvalue weighted by Crippen LogP contribution is 2.22. The minimum atomic E-state index is -0.217. The second kappa shape index (κ2) is 7.27. The van der Waals surface area contributed by atoms with Gasteiger partial charge in [-0.25, -0.2) is 9.50 Å². The molecule has 3 aromatic heterocycles. The smallest absolute Gasteiger partial charge is 0.272 e. The predicted molar refractivity (Wildman–Crippen MR) is 104 cm³/mol. The second-order valence-electron chi connectivity index (χ2n) is 7.71. The number of rotatable bonds is 4. The van der Waals surface area contributed by atoms with Crippen LogP contribution in [0.5, 0.6) is 0 Å². The molecule has 4 rings (SSSR count). The lowest BCUT2D eigenvalue weighted by molar-refractivity contribution is 0.0315. The summed E-state index contributed by atoms with van der Waals surface area (Å²) >= 11 is 0. The molecule has 1 aliphatic rings. The zero-order valence-electron chi connectivity index (χ0n) is 16.4. The van der Waals surface area contributed by atoms with Crippen molar-refractivity contribution in [2.24, 2.45) is 5.92 Å². The third kappa shape index (κ3) is 3.35. The lowest BCUT2D eigenvalue weighted by Crippen LogP contribution is -2.56. The third-order valence-corrected chi connectivity index (χ3v) is 5.35. The van der Waals surface area contributed by atoms with E-state index in [9.17, 15) is 9.59 Å². The average Bonchev–Trinajstić information content (AvgIpc) is 3.30. The largest absolute Gasteiger partial charge is 0.468 e. The number of aryl methyl sites for hydroxylation is 1. The first-order valence-corrected chi connectivity index (χ1v) is 9.57. The summed E-state index contributed by atoms with van der Waals surface area (Å²) in [6.07, 6.45) is 3.26. The van der Waals surface area contributed by atoms with Gasteiger partial charge in [0.25, 0.3) is 11.5 Å². The number of H-pyrrole nitrogens is 1. The Balaban J connectivity index is 1.59. The van der Waals surface area contributed by atoms with Gasteiger partial charge in [-0.1, -0.05) is 13.8 Å². The number of carbonyl (C=O) groups excluding carboxylic acids is 1. The summed E-state index contributed by atoms with van der Waals surface area (Å²) < 4.78 is 6.79. The van der Waals surface area contributed by atoms with Crippen LogP contribution in [0.4, 0.5) is 0 Å². The van der Waals surface area contributed by atoms with Crippen molar-refractivity contribution in [3.05, 3.63) is 58.0 Å². The zero-order chi connectivity index (χ0) is 19.8. The molecule has 1 saturated heterocycles.